The van der Waals surface area contributed by atoms with Crippen molar-refractivity contribution in [3.8, 4) is 5.75 Å². The van der Waals surface area contributed by atoms with E-state index in [1.165, 1.54) is 0 Å². The monoisotopic (exact) mass is 321 g/mol. The van der Waals surface area contributed by atoms with Crippen LogP contribution in [0.5, 0.6) is 5.75 Å². The number of phenols is 1. The molecule has 1 aliphatic rings. The van der Waals surface area contributed by atoms with E-state index < -0.39 is 0 Å². The molecule has 8 N–H and O–H groups in total. The first kappa shape index (κ1) is 15.5. The van der Waals surface area contributed by atoms with Crippen LogP contribution in [0.1, 0.15) is 0 Å². The lowest BCUT2D eigenvalue weighted by Gasteiger charge is -2.23. The summed E-state index contributed by atoms with van der Waals surface area (Å²) in [4.78, 5) is 0. The molecule has 0 aliphatic heterocycles. The van der Waals surface area contributed by atoms with Gasteiger partial charge in [-0.25, -0.2) is 0 Å². The van der Waals surface area contributed by atoms with Gasteiger partial charge in [-0.1, -0.05) is 0 Å². The number of benzene rings is 2. The van der Waals surface area contributed by atoms with E-state index in [2.05, 4.69) is 10.6 Å². The topological polar surface area (TPSA) is 120 Å². The molecule has 0 heterocycles. The molecule has 6 heteroatoms. The fraction of sp³-hybridized carbons (Fsp3) is 0.0556. The quantitative estimate of drug-likeness (QED) is 0.382. The Morgan fingerprint density at radius 3 is 2.21 bits per heavy atom. The Morgan fingerprint density at radius 1 is 0.917 bits per heavy atom. The zero-order valence-electron chi connectivity index (χ0n) is 13.0. The van der Waals surface area contributed by atoms with Crippen molar-refractivity contribution in [2.24, 2.45) is 5.73 Å². The molecule has 122 valence electrons. The molecule has 1 aliphatic carbocycles. The van der Waals surface area contributed by atoms with Crippen LogP contribution in [0.4, 0.5) is 17.1 Å². The summed E-state index contributed by atoms with van der Waals surface area (Å²) in [6.07, 6.45) is 3.48. The number of aromatic hydroxyl groups is 1. The zero-order chi connectivity index (χ0) is 17.1. The number of hydrogen-bond donors (Lipinski definition) is 6. The number of nitrogen functional groups attached to an aromatic ring is 1. The molecule has 3 rings (SSSR count). The highest BCUT2D eigenvalue weighted by Gasteiger charge is 2.18. The first-order chi connectivity index (χ1) is 11.5. The van der Waals surface area contributed by atoms with Crippen LogP contribution in [0.25, 0.3) is 0 Å². The highest BCUT2D eigenvalue weighted by molar-refractivity contribution is 6.02. The Balaban J connectivity index is 1.79. The Bertz CT molecular complexity index is 806. The predicted octanol–water partition coefficient (Wildman–Crippen LogP) is 2.63. The van der Waals surface area contributed by atoms with Crippen molar-refractivity contribution < 1.29 is 5.11 Å². The SMILES string of the molecule is N=C1C=C(N)C(Nc2ccc(O)cc2)=CC1Nc1ccc(N)cc1. The van der Waals surface area contributed by atoms with Crippen molar-refractivity contribution in [2.45, 2.75) is 6.04 Å². The number of phenolic OH excluding ortho intramolecular Hbond substituents is 1. The largest absolute Gasteiger partial charge is 0.508 e. The van der Waals surface area contributed by atoms with Gasteiger partial charge in [0.05, 0.1) is 23.1 Å². The summed E-state index contributed by atoms with van der Waals surface area (Å²) in [7, 11) is 0. The highest BCUT2D eigenvalue weighted by Crippen LogP contribution is 2.21. The molecular formula is C18H19N5O. The van der Waals surface area contributed by atoms with Gasteiger partial charge < -0.3 is 32.6 Å². The van der Waals surface area contributed by atoms with Gasteiger partial charge in [0.2, 0.25) is 0 Å². The van der Waals surface area contributed by atoms with E-state index in [0.29, 0.717) is 22.8 Å². The highest BCUT2D eigenvalue weighted by atomic mass is 16.3. The molecule has 0 saturated carbocycles. The third-order valence-electron chi connectivity index (χ3n) is 3.67. The minimum Gasteiger partial charge on any atom is -0.508 e. The molecule has 0 fully saturated rings. The second-order valence-corrected chi connectivity index (χ2v) is 5.55. The van der Waals surface area contributed by atoms with Gasteiger partial charge >= 0.3 is 0 Å². The summed E-state index contributed by atoms with van der Waals surface area (Å²) < 4.78 is 0. The van der Waals surface area contributed by atoms with Gasteiger partial charge in [0.1, 0.15) is 5.75 Å². The van der Waals surface area contributed by atoms with E-state index in [9.17, 15) is 5.11 Å². The van der Waals surface area contributed by atoms with Gasteiger partial charge in [-0.3, -0.25) is 0 Å². The molecule has 0 radical (unpaired) electrons. The third kappa shape index (κ3) is 3.49. The van der Waals surface area contributed by atoms with Crippen LogP contribution in [0.2, 0.25) is 0 Å². The van der Waals surface area contributed by atoms with E-state index in [-0.39, 0.29) is 11.8 Å². The fourth-order valence-corrected chi connectivity index (χ4v) is 2.38. The first-order valence-electron chi connectivity index (χ1n) is 7.47. The van der Waals surface area contributed by atoms with Crippen molar-refractivity contribution in [3.05, 3.63) is 72.1 Å². The van der Waals surface area contributed by atoms with Crippen LogP contribution in [0, 0.1) is 5.41 Å². The van der Waals surface area contributed by atoms with Gasteiger partial charge in [0, 0.05) is 17.1 Å². The summed E-state index contributed by atoms with van der Waals surface area (Å²) in [5, 5.41) is 23.9. The number of anilines is 3. The molecule has 0 amide bonds. The number of nitrogens with one attached hydrogen (secondary N) is 3. The Morgan fingerprint density at radius 2 is 1.54 bits per heavy atom. The van der Waals surface area contributed by atoms with Crippen LogP contribution in [0.3, 0.4) is 0 Å². The molecule has 1 unspecified atom stereocenters. The van der Waals surface area contributed by atoms with E-state index in [1.54, 1.807) is 42.5 Å². The molecule has 0 saturated heterocycles. The molecule has 6 nitrogen and oxygen atoms in total. The Hall–Kier alpha value is -3.41. The number of nitrogens with two attached hydrogens (primary N) is 2. The number of hydrogen-bond acceptors (Lipinski definition) is 6. The summed E-state index contributed by atoms with van der Waals surface area (Å²) in [6.45, 7) is 0. The van der Waals surface area contributed by atoms with E-state index in [1.807, 2.05) is 18.2 Å². The van der Waals surface area contributed by atoms with Crippen LogP contribution in [-0.2, 0) is 0 Å². The van der Waals surface area contributed by atoms with Gasteiger partial charge in [-0.05, 0) is 60.7 Å². The third-order valence-corrected chi connectivity index (χ3v) is 3.67. The Kier molecular flexibility index (Phi) is 4.11. The van der Waals surface area contributed by atoms with Gasteiger partial charge in [0.25, 0.3) is 0 Å². The lowest BCUT2D eigenvalue weighted by atomic mass is 10.0. The molecule has 0 bridgehead atoms. The summed E-state index contributed by atoms with van der Waals surface area (Å²) in [6, 6.07) is 13.7. The maximum absolute atomic E-state index is 9.35. The van der Waals surface area contributed by atoms with Gasteiger partial charge in [0.15, 0.2) is 0 Å². The standard InChI is InChI=1S/C18H19N5O/c19-11-1-3-12(4-2-11)22-17-10-18(16(21)9-15(17)20)23-13-5-7-14(24)8-6-13/h1-10,17,20,22-24H,19,21H2. The van der Waals surface area contributed by atoms with Crippen molar-refractivity contribution in [2.75, 3.05) is 16.4 Å². The molecule has 2 aromatic carbocycles. The second kappa shape index (κ2) is 6.37. The van der Waals surface area contributed by atoms with Crippen LogP contribution < -0.4 is 22.1 Å². The fourth-order valence-electron chi connectivity index (χ4n) is 2.38. The second-order valence-electron chi connectivity index (χ2n) is 5.55. The minimum absolute atomic E-state index is 0.200. The first-order valence-corrected chi connectivity index (χ1v) is 7.47. The van der Waals surface area contributed by atoms with Gasteiger partial charge in [-0.2, -0.15) is 0 Å². The van der Waals surface area contributed by atoms with E-state index >= 15 is 0 Å². The van der Waals surface area contributed by atoms with E-state index in [0.717, 1.165) is 11.4 Å². The van der Waals surface area contributed by atoms with Crippen molar-refractivity contribution in [1.29, 1.82) is 5.41 Å². The zero-order valence-corrected chi connectivity index (χ0v) is 13.0. The minimum atomic E-state index is -0.305. The maximum Gasteiger partial charge on any atom is 0.115 e. The molecule has 0 spiro atoms. The predicted molar refractivity (Wildman–Crippen MR) is 98.1 cm³/mol. The normalized spacial score (nSPS) is 17.0. The molecule has 1 atom stereocenters. The maximum atomic E-state index is 9.35. The summed E-state index contributed by atoms with van der Waals surface area (Å²) in [5.74, 6) is 0.200. The smallest absolute Gasteiger partial charge is 0.115 e. The van der Waals surface area contributed by atoms with Crippen molar-refractivity contribution >= 4 is 22.8 Å². The lowest BCUT2D eigenvalue weighted by Crippen LogP contribution is -2.31. The average Bonchev–Trinajstić information content (AvgIpc) is 2.56. The Labute approximate surface area is 140 Å². The molecule has 2 aromatic rings. The molecule has 24 heavy (non-hydrogen) atoms. The van der Waals surface area contributed by atoms with Crippen molar-refractivity contribution in [3.63, 3.8) is 0 Å². The lowest BCUT2D eigenvalue weighted by molar-refractivity contribution is 0.475. The molecular weight excluding hydrogens is 302 g/mol. The van der Waals surface area contributed by atoms with Crippen LogP contribution >= 0.6 is 0 Å². The average molecular weight is 321 g/mol. The van der Waals surface area contributed by atoms with Crippen LogP contribution in [-0.4, -0.2) is 16.9 Å². The summed E-state index contributed by atoms with van der Waals surface area (Å²) in [5.41, 5.74) is 15.6. The van der Waals surface area contributed by atoms with E-state index in [4.69, 9.17) is 16.9 Å². The van der Waals surface area contributed by atoms with Crippen LogP contribution in [0.15, 0.2) is 72.1 Å². The summed E-state index contributed by atoms with van der Waals surface area (Å²) >= 11 is 0. The van der Waals surface area contributed by atoms with Gasteiger partial charge in [-0.15, -0.1) is 0 Å². The van der Waals surface area contributed by atoms with Crippen molar-refractivity contribution in [1.82, 2.24) is 0 Å². The molecule has 0 aromatic heterocycles. The number of rotatable bonds is 4.